The Labute approximate surface area is 167 Å². The van der Waals surface area contributed by atoms with E-state index in [4.69, 9.17) is 16.2 Å². The van der Waals surface area contributed by atoms with Gasteiger partial charge in [-0.3, -0.25) is 19.2 Å². The number of halogens is 1. The SMILES string of the molecule is C=C1N=C(c2ccccc2Cl)c2ccccc2N2C(=O)CN=C12.CS(=O)(=O)O. The first kappa shape index (κ1) is 19.9. The Balaban J connectivity index is 0.000000403. The van der Waals surface area contributed by atoms with Crippen molar-refractivity contribution in [3.05, 3.63) is 77.0 Å². The third-order valence-corrected chi connectivity index (χ3v) is 4.19. The Morgan fingerprint density at radius 3 is 2.32 bits per heavy atom. The van der Waals surface area contributed by atoms with Crippen LogP contribution in [0.2, 0.25) is 5.02 Å². The van der Waals surface area contributed by atoms with Gasteiger partial charge in [0.25, 0.3) is 16.0 Å². The van der Waals surface area contributed by atoms with E-state index in [1.807, 2.05) is 48.5 Å². The summed E-state index contributed by atoms with van der Waals surface area (Å²) in [5, 5.41) is 0.601. The summed E-state index contributed by atoms with van der Waals surface area (Å²) in [6, 6.07) is 15.1. The molecule has 0 radical (unpaired) electrons. The predicted molar refractivity (Wildman–Crippen MR) is 110 cm³/mol. The molecule has 0 unspecified atom stereocenters. The Bertz CT molecular complexity index is 1130. The van der Waals surface area contributed by atoms with Gasteiger partial charge in [0, 0.05) is 16.1 Å². The third-order valence-electron chi connectivity index (χ3n) is 3.86. The van der Waals surface area contributed by atoms with Crippen molar-refractivity contribution in [3.63, 3.8) is 0 Å². The van der Waals surface area contributed by atoms with Gasteiger partial charge in [-0.05, 0) is 12.1 Å². The molecule has 0 saturated heterocycles. The number of aliphatic imine (C=N–C) groups is 2. The molecule has 9 heteroatoms. The summed E-state index contributed by atoms with van der Waals surface area (Å²) >= 11 is 6.35. The average Bonchev–Trinajstić information content (AvgIpc) is 2.95. The standard InChI is InChI=1S/C18H12ClN3O.CH4O3S/c1-11-18-20-10-16(23)22(18)15-9-5-3-7-13(15)17(21-11)12-6-2-4-8-14(12)19;1-5(2,3)4/h2-9H,1,10H2;1H3,(H,2,3,4). The number of hydrogen-bond donors (Lipinski definition) is 1. The maximum Gasteiger partial charge on any atom is 0.261 e. The largest absolute Gasteiger partial charge is 0.286 e. The summed E-state index contributed by atoms with van der Waals surface area (Å²) in [6.07, 6.45) is 0.715. The van der Waals surface area contributed by atoms with Crippen LogP contribution in [0, 0.1) is 0 Å². The first-order valence-electron chi connectivity index (χ1n) is 8.09. The second-order valence-electron chi connectivity index (χ2n) is 6.01. The van der Waals surface area contributed by atoms with E-state index in [9.17, 15) is 13.2 Å². The minimum Gasteiger partial charge on any atom is -0.286 e. The van der Waals surface area contributed by atoms with Crippen LogP contribution in [0.15, 0.2) is 70.8 Å². The number of amides is 1. The number of carbonyl (C=O) groups is 1. The number of benzene rings is 2. The predicted octanol–water partition coefficient (Wildman–Crippen LogP) is 2.95. The van der Waals surface area contributed by atoms with Crippen molar-refractivity contribution in [2.24, 2.45) is 9.98 Å². The third kappa shape index (κ3) is 4.19. The van der Waals surface area contributed by atoms with E-state index in [-0.39, 0.29) is 12.5 Å². The molecule has 0 saturated carbocycles. The van der Waals surface area contributed by atoms with Gasteiger partial charge in [-0.2, -0.15) is 8.42 Å². The van der Waals surface area contributed by atoms with Crippen LogP contribution in [0.3, 0.4) is 0 Å². The van der Waals surface area contributed by atoms with Crippen molar-refractivity contribution in [1.82, 2.24) is 0 Å². The molecule has 4 rings (SSSR count). The van der Waals surface area contributed by atoms with Crippen LogP contribution < -0.4 is 4.90 Å². The summed E-state index contributed by atoms with van der Waals surface area (Å²) in [6.45, 7) is 4.11. The van der Waals surface area contributed by atoms with Gasteiger partial charge in [0.15, 0.2) is 5.84 Å². The zero-order valence-electron chi connectivity index (χ0n) is 14.8. The number of fused-ring (bicyclic) bond motifs is 3. The molecule has 0 spiro atoms. The fourth-order valence-corrected chi connectivity index (χ4v) is 3.07. The van der Waals surface area contributed by atoms with Gasteiger partial charge in [-0.25, -0.2) is 4.99 Å². The number of rotatable bonds is 1. The summed E-state index contributed by atoms with van der Waals surface area (Å²) in [4.78, 5) is 22.8. The van der Waals surface area contributed by atoms with Crippen molar-refractivity contribution in [2.45, 2.75) is 0 Å². The van der Waals surface area contributed by atoms with E-state index < -0.39 is 10.1 Å². The van der Waals surface area contributed by atoms with Crippen LogP contribution in [-0.2, 0) is 14.9 Å². The van der Waals surface area contributed by atoms with Gasteiger partial charge in [-0.15, -0.1) is 0 Å². The molecule has 2 aliphatic heterocycles. The molecule has 2 heterocycles. The molecule has 2 aromatic carbocycles. The lowest BCUT2D eigenvalue weighted by molar-refractivity contribution is -0.115. The van der Waals surface area contributed by atoms with Crippen molar-refractivity contribution in [2.75, 3.05) is 17.7 Å². The molecule has 2 aromatic rings. The lowest BCUT2D eigenvalue weighted by atomic mass is 10.00. The molecular weight excluding hydrogens is 402 g/mol. The lowest BCUT2D eigenvalue weighted by Gasteiger charge is -2.18. The van der Waals surface area contributed by atoms with Gasteiger partial charge in [-0.1, -0.05) is 54.6 Å². The fourth-order valence-electron chi connectivity index (χ4n) is 2.84. The number of anilines is 1. The molecule has 0 aliphatic carbocycles. The van der Waals surface area contributed by atoms with Crippen molar-refractivity contribution >= 4 is 44.9 Å². The molecule has 28 heavy (non-hydrogen) atoms. The maximum atomic E-state index is 12.3. The Kier molecular flexibility index (Phi) is 5.46. The van der Waals surface area contributed by atoms with Crippen LogP contribution in [0.25, 0.3) is 0 Å². The Morgan fingerprint density at radius 2 is 1.68 bits per heavy atom. The van der Waals surface area contributed by atoms with E-state index in [0.717, 1.165) is 16.8 Å². The molecular formula is C19H16ClN3O4S. The van der Waals surface area contributed by atoms with E-state index in [1.165, 1.54) is 0 Å². The molecule has 2 aliphatic rings. The summed E-state index contributed by atoms with van der Waals surface area (Å²) in [5.74, 6) is 0.425. The summed E-state index contributed by atoms with van der Waals surface area (Å²) in [5.41, 5.74) is 3.55. The normalized spacial score (nSPS) is 15.6. The number of carbonyl (C=O) groups excluding carboxylic acids is 1. The fraction of sp³-hybridized carbons (Fsp3) is 0.105. The highest BCUT2D eigenvalue weighted by atomic mass is 35.5. The number of nitrogens with zero attached hydrogens (tertiary/aromatic N) is 3. The van der Waals surface area contributed by atoms with Crippen LogP contribution >= 0.6 is 11.6 Å². The monoisotopic (exact) mass is 417 g/mol. The lowest BCUT2D eigenvalue weighted by Crippen LogP contribution is -2.33. The molecule has 0 atom stereocenters. The second kappa shape index (κ2) is 7.67. The molecule has 7 nitrogen and oxygen atoms in total. The van der Waals surface area contributed by atoms with Crippen LogP contribution in [0.5, 0.6) is 0 Å². The Hall–Kier alpha value is -2.81. The number of amidine groups is 1. The number of hydrogen-bond acceptors (Lipinski definition) is 5. The van der Waals surface area contributed by atoms with Gasteiger partial charge in [0.1, 0.15) is 6.54 Å². The first-order valence-corrected chi connectivity index (χ1v) is 10.3. The molecule has 1 amide bonds. The summed E-state index contributed by atoms with van der Waals surface area (Å²) in [7, 11) is -3.67. The molecule has 1 N–H and O–H groups in total. The van der Waals surface area contributed by atoms with Gasteiger partial charge in [0.2, 0.25) is 0 Å². The quantitative estimate of drug-likeness (QED) is 0.721. The molecule has 144 valence electrons. The highest BCUT2D eigenvalue weighted by Crippen LogP contribution is 2.33. The van der Waals surface area contributed by atoms with E-state index in [0.29, 0.717) is 28.5 Å². The molecule has 0 fully saturated rings. The minimum atomic E-state index is -3.67. The zero-order chi connectivity index (χ0) is 20.5. The minimum absolute atomic E-state index is 0.0794. The average molecular weight is 418 g/mol. The van der Waals surface area contributed by atoms with Crippen LogP contribution in [0.4, 0.5) is 5.69 Å². The van der Waals surface area contributed by atoms with Crippen molar-refractivity contribution in [3.8, 4) is 0 Å². The van der Waals surface area contributed by atoms with Crippen LogP contribution in [0.1, 0.15) is 11.1 Å². The highest BCUT2D eigenvalue weighted by Gasteiger charge is 2.34. The summed E-state index contributed by atoms with van der Waals surface area (Å²) < 4.78 is 25.9. The Morgan fingerprint density at radius 1 is 1.11 bits per heavy atom. The molecule has 0 aromatic heterocycles. The van der Waals surface area contributed by atoms with E-state index >= 15 is 0 Å². The van der Waals surface area contributed by atoms with Crippen molar-refractivity contribution in [1.29, 1.82) is 0 Å². The van der Waals surface area contributed by atoms with Gasteiger partial charge >= 0.3 is 0 Å². The first-order chi connectivity index (χ1) is 13.2. The van der Waals surface area contributed by atoms with Crippen molar-refractivity contribution < 1.29 is 17.8 Å². The smallest absolute Gasteiger partial charge is 0.261 e. The maximum absolute atomic E-state index is 12.3. The van der Waals surface area contributed by atoms with E-state index in [2.05, 4.69) is 16.6 Å². The second-order valence-corrected chi connectivity index (χ2v) is 7.88. The number of para-hydroxylation sites is 1. The zero-order valence-corrected chi connectivity index (χ0v) is 16.4. The van der Waals surface area contributed by atoms with Crippen LogP contribution in [-0.4, -0.2) is 43.2 Å². The molecule has 0 bridgehead atoms. The highest BCUT2D eigenvalue weighted by molar-refractivity contribution is 7.85. The van der Waals surface area contributed by atoms with Gasteiger partial charge in [0.05, 0.1) is 23.4 Å². The van der Waals surface area contributed by atoms with Gasteiger partial charge < -0.3 is 0 Å². The topological polar surface area (TPSA) is 99.4 Å². The van der Waals surface area contributed by atoms with E-state index in [1.54, 1.807) is 4.90 Å².